The zero-order valence-electron chi connectivity index (χ0n) is 18.3. The third-order valence-corrected chi connectivity index (χ3v) is 4.89. The van der Waals surface area contributed by atoms with Crippen molar-refractivity contribution in [3.8, 4) is 23.0 Å². The molecule has 0 bridgehead atoms. The second-order valence-electron chi connectivity index (χ2n) is 7.11. The van der Waals surface area contributed by atoms with Gasteiger partial charge in [-0.3, -0.25) is 0 Å². The van der Waals surface area contributed by atoms with Gasteiger partial charge in [0, 0.05) is 6.61 Å². The Labute approximate surface area is 187 Å². The first-order chi connectivity index (χ1) is 15.5. The minimum atomic E-state index is -1.20. The molecule has 0 aliphatic heterocycles. The number of aliphatic hydroxyl groups is 5. The molecule has 0 saturated heterocycles. The highest BCUT2D eigenvalue weighted by atomic mass is 16.5. The number of aryl methyl sites for hydroxylation is 1. The molecule has 178 valence electrons. The molecule has 5 N–H and O–H groups in total. The van der Waals surface area contributed by atoms with Crippen molar-refractivity contribution in [2.24, 2.45) is 0 Å². The van der Waals surface area contributed by atoms with Gasteiger partial charge in [-0.25, -0.2) is 0 Å². The minimum absolute atomic E-state index is 0.0906. The Hall–Kier alpha value is -2.56. The van der Waals surface area contributed by atoms with Crippen LogP contribution in [0.2, 0.25) is 0 Å². The van der Waals surface area contributed by atoms with Crippen LogP contribution in [0.1, 0.15) is 23.7 Å². The quantitative estimate of drug-likeness (QED) is 0.282. The van der Waals surface area contributed by atoms with Crippen LogP contribution in [-0.4, -0.2) is 78.4 Å². The average Bonchev–Trinajstić information content (AvgIpc) is 2.84. The van der Waals surface area contributed by atoms with Gasteiger partial charge in [-0.1, -0.05) is 12.1 Å². The van der Waals surface area contributed by atoms with Crippen molar-refractivity contribution < 1.29 is 44.5 Å². The van der Waals surface area contributed by atoms with Crippen LogP contribution in [0.25, 0.3) is 0 Å². The molecule has 2 rings (SSSR count). The number of methoxy groups -OCH3 is 2. The van der Waals surface area contributed by atoms with Crippen LogP contribution in [-0.2, 0) is 6.42 Å². The van der Waals surface area contributed by atoms with Gasteiger partial charge in [0.05, 0.1) is 34.0 Å². The number of hydrogen-bond donors (Lipinski definition) is 5. The van der Waals surface area contributed by atoms with E-state index in [-0.39, 0.29) is 31.3 Å². The van der Waals surface area contributed by atoms with Gasteiger partial charge in [-0.15, -0.1) is 0 Å². The Morgan fingerprint density at radius 2 is 1.38 bits per heavy atom. The Bertz CT molecular complexity index is 823. The molecule has 0 aliphatic carbocycles. The fourth-order valence-corrected chi connectivity index (χ4v) is 3.10. The lowest BCUT2D eigenvalue weighted by Crippen LogP contribution is -2.29. The number of rotatable bonds is 14. The lowest BCUT2D eigenvalue weighted by atomic mass is 10.0. The molecule has 9 nitrogen and oxygen atoms in total. The summed E-state index contributed by atoms with van der Waals surface area (Å²) in [6, 6.07) is 9.98. The van der Waals surface area contributed by atoms with E-state index in [1.54, 1.807) is 24.3 Å². The highest BCUT2D eigenvalue weighted by molar-refractivity contribution is 5.45. The summed E-state index contributed by atoms with van der Waals surface area (Å²) in [5, 5.41) is 48.1. The first kappa shape index (κ1) is 25.7. The van der Waals surface area contributed by atoms with Gasteiger partial charge >= 0.3 is 0 Å². The number of aliphatic hydroxyl groups excluding tert-OH is 5. The standard InChI is InChI=1S/C23H32O9/c1-29-20-10-15(4-3-9-24)5-7-19(20)32-22(14-27)23(28)16-6-8-18(21(11-16)30-2)31-17(12-25)13-26/h5-8,10-11,17,22-28H,3-4,9,12-14H2,1-2H3/t22-,23+/m0/s1. The SMILES string of the molecule is COc1cc([C@@H](O)[C@H](CO)Oc2ccc(CCCO)cc2OC)ccc1OC(CO)CO. The molecule has 2 aromatic carbocycles. The van der Waals surface area contributed by atoms with Crippen molar-refractivity contribution in [1.29, 1.82) is 0 Å². The van der Waals surface area contributed by atoms with E-state index in [9.17, 15) is 20.4 Å². The predicted octanol–water partition coefficient (Wildman–Crippen LogP) is 0.834. The highest BCUT2D eigenvalue weighted by Gasteiger charge is 2.25. The van der Waals surface area contributed by atoms with Gasteiger partial charge in [0.2, 0.25) is 0 Å². The number of hydrogen-bond acceptors (Lipinski definition) is 9. The molecule has 0 fully saturated rings. The van der Waals surface area contributed by atoms with E-state index >= 15 is 0 Å². The summed E-state index contributed by atoms with van der Waals surface area (Å²) in [4.78, 5) is 0. The third-order valence-electron chi connectivity index (χ3n) is 4.89. The third kappa shape index (κ3) is 6.72. The smallest absolute Gasteiger partial charge is 0.161 e. The maximum Gasteiger partial charge on any atom is 0.161 e. The van der Waals surface area contributed by atoms with Crippen LogP contribution in [0.4, 0.5) is 0 Å². The summed E-state index contributed by atoms with van der Waals surface area (Å²) >= 11 is 0. The van der Waals surface area contributed by atoms with E-state index in [2.05, 4.69) is 0 Å². The molecule has 9 heteroatoms. The van der Waals surface area contributed by atoms with Gasteiger partial charge in [0.25, 0.3) is 0 Å². The zero-order valence-corrected chi connectivity index (χ0v) is 18.3. The van der Waals surface area contributed by atoms with E-state index < -0.39 is 24.9 Å². The maximum atomic E-state index is 10.8. The van der Waals surface area contributed by atoms with Gasteiger partial charge in [0.1, 0.15) is 12.2 Å². The van der Waals surface area contributed by atoms with Crippen molar-refractivity contribution in [2.45, 2.75) is 31.2 Å². The number of benzene rings is 2. The van der Waals surface area contributed by atoms with Crippen LogP contribution in [0.15, 0.2) is 36.4 Å². The second-order valence-corrected chi connectivity index (χ2v) is 7.11. The Morgan fingerprint density at radius 1 is 0.750 bits per heavy atom. The van der Waals surface area contributed by atoms with Crippen molar-refractivity contribution in [3.05, 3.63) is 47.5 Å². The summed E-state index contributed by atoms with van der Waals surface area (Å²) in [6.07, 6.45) is -1.69. The lowest BCUT2D eigenvalue weighted by molar-refractivity contribution is -0.000598. The molecule has 2 atom stereocenters. The second kappa shape index (κ2) is 13.1. The number of ether oxygens (including phenoxy) is 4. The molecular weight excluding hydrogens is 420 g/mol. The van der Waals surface area contributed by atoms with Crippen molar-refractivity contribution in [3.63, 3.8) is 0 Å². The molecule has 32 heavy (non-hydrogen) atoms. The molecule has 0 amide bonds. The van der Waals surface area contributed by atoms with E-state index in [0.717, 1.165) is 5.56 Å². The van der Waals surface area contributed by atoms with Crippen molar-refractivity contribution >= 4 is 0 Å². The van der Waals surface area contributed by atoms with Crippen LogP contribution < -0.4 is 18.9 Å². The molecule has 2 aromatic rings. The summed E-state index contributed by atoms with van der Waals surface area (Å²) < 4.78 is 22.0. The molecule has 0 unspecified atom stereocenters. The Balaban J connectivity index is 2.21. The van der Waals surface area contributed by atoms with E-state index in [4.69, 9.17) is 24.1 Å². The monoisotopic (exact) mass is 452 g/mol. The fourth-order valence-electron chi connectivity index (χ4n) is 3.10. The molecule has 0 spiro atoms. The summed E-state index contributed by atoms with van der Waals surface area (Å²) in [7, 11) is 2.92. The van der Waals surface area contributed by atoms with Gasteiger partial charge < -0.3 is 44.5 Å². The summed E-state index contributed by atoms with van der Waals surface area (Å²) in [6.45, 7) is -1.11. The summed E-state index contributed by atoms with van der Waals surface area (Å²) in [5.41, 5.74) is 1.38. The first-order valence-electron chi connectivity index (χ1n) is 10.3. The molecule has 0 saturated carbocycles. The van der Waals surface area contributed by atoms with Gasteiger partial charge in [0.15, 0.2) is 29.1 Å². The Morgan fingerprint density at radius 3 is 1.97 bits per heavy atom. The molecule has 0 radical (unpaired) electrons. The average molecular weight is 453 g/mol. The zero-order chi connectivity index (χ0) is 23.5. The van der Waals surface area contributed by atoms with Crippen LogP contribution >= 0.6 is 0 Å². The first-order valence-corrected chi connectivity index (χ1v) is 10.3. The van der Waals surface area contributed by atoms with E-state index in [0.29, 0.717) is 29.9 Å². The van der Waals surface area contributed by atoms with Gasteiger partial charge in [-0.2, -0.15) is 0 Å². The fraction of sp³-hybridized carbons (Fsp3) is 0.478. The van der Waals surface area contributed by atoms with E-state index in [1.807, 2.05) is 6.07 Å². The van der Waals surface area contributed by atoms with Crippen LogP contribution in [0.5, 0.6) is 23.0 Å². The van der Waals surface area contributed by atoms with E-state index in [1.165, 1.54) is 20.3 Å². The van der Waals surface area contributed by atoms with Crippen molar-refractivity contribution in [1.82, 2.24) is 0 Å². The van der Waals surface area contributed by atoms with Crippen molar-refractivity contribution in [2.75, 3.05) is 40.6 Å². The highest BCUT2D eigenvalue weighted by Crippen LogP contribution is 2.35. The molecular formula is C23H32O9. The van der Waals surface area contributed by atoms with Gasteiger partial charge in [-0.05, 0) is 48.2 Å². The summed E-state index contributed by atoms with van der Waals surface area (Å²) in [5.74, 6) is 1.39. The molecule has 0 aromatic heterocycles. The predicted molar refractivity (Wildman–Crippen MR) is 116 cm³/mol. The largest absolute Gasteiger partial charge is 0.493 e. The Kier molecular flexibility index (Phi) is 10.5. The lowest BCUT2D eigenvalue weighted by Gasteiger charge is -2.25. The van der Waals surface area contributed by atoms with Crippen LogP contribution in [0.3, 0.4) is 0 Å². The molecule has 0 heterocycles. The minimum Gasteiger partial charge on any atom is -0.493 e. The maximum absolute atomic E-state index is 10.8. The molecule has 0 aliphatic rings. The topological polar surface area (TPSA) is 138 Å². The normalized spacial score (nSPS) is 13.0. The van der Waals surface area contributed by atoms with Crippen LogP contribution in [0, 0.1) is 0 Å².